The van der Waals surface area contributed by atoms with Crippen molar-refractivity contribution in [3.05, 3.63) is 48.0 Å². The molecule has 9 heteroatoms. The summed E-state index contributed by atoms with van der Waals surface area (Å²) in [5, 5.41) is 2.64. The SMILES string of the molecule is C[C@@H]1CN(S(=O)(=O)CCNC(=O)CCc2ccc(-c3ccccc3F)o2)C[C@H](C)O1. The first kappa shape index (κ1) is 22.5. The molecule has 2 heterocycles. The lowest BCUT2D eigenvalue weighted by atomic mass is 10.1. The summed E-state index contributed by atoms with van der Waals surface area (Å²) in [6.45, 7) is 4.37. The lowest BCUT2D eigenvalue weighted by Crippen LogP contribution is -2.49. The number of carbonyl (C=O) groups excluding carboxylic acids is 1. The third-order valence-electron chi connectivity index (χ3n) is 4.86. The maximum absolute atomic E-state index is 13.8. The molecule has 7 nitrogen and oxygen atoms in total. The molecule has 1 N–H and O–H groups in total. The molecule has 3 rings (SSSR count). The highest BCUT2D eigenvalue weighted by atomic mass is 32.2. The first-order valence-corrected chi connectivity index (χ1v) is 11.6. The van der Waals surface area contributed by atoms with E-state index in [1.165, 1.54) is 10.4 Å². The van der Waals surface area contributed by atoms with Crippen LogP contribution in [0.2, 0.25) is 0 Å². The van der Waals surface area contributed by atoms with Gasteiger partial charge >= 0.3 is 0 Å². The summed E-state index contributed by atoms with van der Waals surface area (Å²) in [5.41, 5.74) is 0.366. The summed E-state index contributed by atoms with van der Waals surface area (Å²) in [7, 11) is -3.46. The van der Waals surface area contributed by atoms with Gasteiger partial charge in [-0.25, -0.2) is 12.8 Å². The number of amides is 1. The number of furan rings is 1. The molecular weight excluding hydrogens is 411 g/mol. The van der Waals surface area contributed by atoms with E-state index in [0.717, 1.165) is 0 Å². The number of halogens is 1. The molecule has 30 heavy (non-hydrogen) atoms. The molecule has 0 aliphatic carbocycles. The van der Waals surface area contributed by atoms with E-state index < -0.39 is 10.0 Å². The third kappa shape index (κ3) is 5.90. The molecule has 1 aromatic carbocycles. The summed E-state index contributed by atoms with van der Waals surface area (Å²) in [6, 6.07) is 9.69. The monoisotopic (exact) mass is 438 g/mol. The fraction of sp³-hybridized carbons (Fsp3) is 0.476. The Hall–Kier alpha value is -2.23. The fourth-order valence-electron chi connectivity index (χ4n) is 3.45. The number of nitrogens with zero attached hydrogens (tertiary/aromatic N) is 1. The number of aryl methyl sites for hydroxylation is 1. The van der Waals surface area contributed by atoms with Crippen LogP contribution in [0, 0.1) is 5.82 Å². The van der Waals surface area contributed by atoms with Crippen LogP contribution in [0.5, 0.6) is 0 Å². The molecule has 2 atom stereocenters. The molecule has 0 bridgehead atoms. The predicted molar refractivity (Wildman–Crippen MR) is 111 cm³/mol. The van der Waals surface area contributed by atoms with Gasteiger partial charge in [0.2, 0.25) is 15.9 Å². The van der Waals surface area contributed by atoms with Gasteiger partial charge in [0.1, 0.15) is 17.3 Å². The number of ether oxygens (including phenoxy) is 1. The first-order valence-electron chi connectivity index (χ1n) is 9.98. The Morgan fingerprint density at radius 2 is 1.87 bits per heavy atom. The number of nitrogens with one attached hydrogen (secondary N) is 1. The van der Waals surface area contributed by atoms with Crippen LogP contribution in [0.4, 0.5) is 4.39 Å². The number of hydrogen-bond acceptors (Lipinski definition) is 5. The summed E-state index contributed by atoms with van der Waals surface area (Å²) in [5.74, 6) is 0.172. The molecule has 0 saturated carbocycles. The molecule has 2 aromatic rings. The van der Waals surface area contributed by atoms with Crippen LogP contribution in [-0.4, -0.2) is 56.2 Å². The number of sulfonamides is 1. The third-order valence-corrected chi connectivity index (χ3v) is 6.67. The topological polar surface area (TPSA) is 88.9 Å². The lowest BCUT2D eigenvalue weighted by Gasteiger charge is -2.34. The molecule has 1 amide bonds. The highest BCUT2D eigenvalue weighted by Gasteiger charge is 2.30. The van der Waals surface area contributed by atoms with E-state index in [-0.39, 0.29) is 42.7 Å². The van der Waals surface area contributed by atoms with Crippen molar-refractivity contribution in [3.63, 3.8) is 0 Å². The Morgan fingerprint density at radius 1 is 1.17 bits per heavy atom. The smallest absolute Gasteiger partial charge is 0.220 e. The van der Waals surface area contributed by atoms with Crippen LogP contribution in [-0.2, 0) is 26.0 Å². The Labute approximate surface area is 176 Å². The minimum Gasteiger partial charge on any atom is -0.461 e. The largest absolute Gasteiger partial charge is 0.461 e. The van der Waals surface area contributed by atoms with Crippen molar-refractivity contribution >= 4 is 15.9 Å². The number of rotatable bonds is 8. The van der Waals surface area contributed by atoms with E-state index in [9.17, 15) is 17.6 Å². The van der Waals surface area contributed by atoms with Gasteiger partial charge in [-0.2, -0.15) is 4.31 Å². The lowest BCUT2D eigenvalue weighted by molar-refractivity contribution is -0.121. The van der Waals surface area contributed by atoms with Gasteiger partial charge < -0.3 is 14.5 Å². The van der Waals surface area contributed by atoms with Gasteiger partial charge in [-0.05, 0) is 38.1 Å². The maximum atomic E-state index is 13.8. The van der Waals surface area contributed by atoms with E-state index in [4.69, 9.17) is 9.15 Å². The molecule has 0 radical (unpaired) electrons. The fourth-order valence-corrected chi connectivity index (χ4v) is 4.94. The molecule has 1 aliphatic rings. The van der Waals surface area contributed by atoms with E-state index in [0.29, 0.717) is 36.6 Å². The normalized spacial score (nSPS) is 20.2. The van der Waals surface area contributed by atoms with Crippen LogP contribution in [0.25, 0.3) is 11.3 Å². The zero-order valence-electron chi connectivity index (χ0n) is 17.1. The zero-order chi connectivity index (χ0) is 21.7. The second-order valence-corrected chi connectivity index (χ2v) is 9.57. The Balaban J connectivity index is 1.44. The Morgan fingerprint density at radius 3 is 2.57 bits per heavy atom. The molecular formula is C21H27FN2O5S. The van der Waals surface area contributed by atoms with Crippen LogP contribution < -0.4 is 5.32 Å². The molecule has 1 saturated heterocycles. The quantitative estimate of drug-likeness (QED) is 0.684. The Bertz CT molecular complexity index is 965. The summed E-state index contributed by atoms with van der Waals surface area (Å²) >= 11 is 0. The zero-order valence-corrected chi connectivity index (χ0v) is 18.0. The van der Waals surface area contributed by atoms with Crippen LogP contribution in [0.15, 0.2) is 40.8 Å². The van der Waals surface area contributed by atoms with Gasteiger partial charge in [-0.3, -0.25) is 4.79 Å². The van der Waals surface area contributed by atoms with Crippen LogP contribution in [0.1, 0.15) is 26.0 Å². The van der Waals surface area contributed by atoms with E-state index in [1.807, 2.05) is 13.8 Å². The van der Waals surface area contributed by atoms with Crippen LogP contribution in [0.3, 0.4) is 0 Å². The van der Waals surface area contributed by atoms with Gasteiger partial charge in [-0.1, -0.05) is 12.1 Å². The number of carbonyl (C=O) groups is 1. The number of benzene rings is 1. The second kappa shape index (κ2) is 9.72. The minimum absolute atomic E-state index is 0.0416. The van der Waals surface area contributed by atoms with Gasteiger partial charge in [0.25, 0.3) is 0 Å². The number of hydrogen-bond donors (Lipinski definition) is 1. The van der Waals surface area contributed by atoms with Crippen molar-refractivity contribution in [2.45, 2.75) is 38.9 Å². The van der Waals surface area contributed by atoms with Gasteiger partial charge in [-0.15, -0.1) is 0 Å². The van der Waals surface area contributed by atoms with E-state index >= 15 is 0 Å². The standard InChI is InChI=1S/C21H27FN2O5S/c1-15-13-24(14-16(2)28-15)30(26,27)12-11-23-21(25)10-8-17-7-9-20(29-17)18-5-3-4-6-19(18)22/h3-7,9,15-16H,8,10-14H2,1-2H3,(H,23,25)/t15-,16+. The molecule has 164 valence electrons. The van der Waals surface area contributed by atoms with E-state index in [1.54, 1.807) is 30.3 Å². The van der Waals surface area contributed by atoms with E-state index in [2.05, 4.69) is 5.32 Å². The molecule has 1 fully saturated rings. The maximum Gasteiger partial charge on any atom is 0.220 e. The second-order valence-electron chi connectivity index (χ2n) is 7.49. The highest BCUT2D eigenvalue weighted by molar-refractivity contribution is 7.89. The molecule has 1 aliphatic heterocycles. The summed E-state index contributed by atoms with van der Waals surface area (Å²) < 4.78 is 51.4. The van der Waals surface area contributed by atoms with Crippen molar-refractivity contribution in [1.29, 1.82) is 0 Å². The van der Waals surface area contributed by atoms with Crippen molar-refractivity contribution in [2.24, 2.45) is 0 Å². The van der Waals surface area contributed by atoms with Gasteiger partial charge in [0.05, 0.1) is 23.5 Å². The van der Waals surface area contributed by atoms with Gasteiger partial charge in [0.15, 0.2) is 0 Å². The number of morpholine rings is 1. The van der Waals surface area contributed by atoms with Crippen molar-refractivity contribution < 1.29 is 26.8 Å². The molecule has 1 aromatic heterocycles. The van der Waals surface area contributed by atoms with Crippen molar-refractivity contribution in [2.75, 3.05) is 25.4 Å². The highest BCUT2D eigenvalue weighted by Crippen LogP contribution is 2.25. The molecule has 0 spiro atoms. The molecule has 0 unspecified atom stereocenters. The van der Waals surface area contributed by atoms with Crippen molar-refractivity contribution in [1.82, 2.24) is 9.62 Å². The van der Waals surface area contributed by atoms with Crippen molar-refractivity contribution in [3.8, 4) is 11.3 Å². The summed E-state index contributed by atoms with van der Waals surface area (Å²) in [4.78, 5) is 12.1. The summed E-state index contributed by atoms with van der Waals surface area (Å²) in [6.07, 6.45) is 0.183. The average molecular weight is 439 g/mol. The minimum atomic E-state index is -3.46. The first-order chi connectivity index (χ1) is 14.2. The predicted octanol–water partition coefficient (Wildman–Crippen LogP) is 2.57. The van der Waals surface area contributed by atoms with Crippen LogP contribution >= 0.6 is 0 Å². The van der Waals surface area contributed by atoms with Gasteiger partial charge in [0, 0.05) is 32.5 Å². The average Bonchev–Trinajstić information content (AvgIpc) is 3.14. The Kier molecular flexibility index (Phi) is 7.27.